The number of aliphatic hydroxyl groups excluding tert-OH is 1. The Kier molecular flexibility index (Phi) is 11.4. The van der Waals surface area contributed by atoms with E-state index in [1.165, 1.54) is 55.5 Å². The van der Waals surface area contributed by atoms with Crippen molar-refractivity contribution < 1.29 is 49.5 Å². The van der Waals surface area contributed by atoms with Crippen LogP contribution in [0.3, 0.4) is 0 Å². The number of phenols is 2. The van der Waals surface area contributed by atoms with Gasteiger partial charge >= 0.3 is 11.9 Å². The molecule has 10 N–H and O–H groups in total. The standard InChI is InChI=1S/C26H32N4O10/c1-13(31)22(27)25(38)29-19(12-21(34)35)24(37)28-18(10-14-2-6-16(32)7-3-14)23(36)30-20(26(39)40)11-15-4-8-17(33)9-5-15/h2-9,13,18-20,22,31-33H,10-12,27H2,1H3,(H,28,37)(H,29,38)(H,30,36)(H,34,35)(H,39,40). The van der Waals surface area contributed by atoms with Gasteiger partial charge in [0.15, 0.2) is 0 Å². The van der Waals surface area contributed by atoms with Crippen LogP contribution >= 0.6 is 0 Å². The second kappa shape index (κ2) is 14.5. The van der Waals surface area contributed by atoms with Gasteiger partial charge in [-0.3, -0.25) is 19.2 Å². The molecule has 0 bridgehead atoms. The van der Waals surface area contributed by atoms with Crippen molar-refractivity contribution in [3.63, 3.8) is 0 Å². The van der Waals surface area contributed by atoms with Gasteiger partial charge in [-0.2, -0.15) is 0 Å². The number of hydrogen-bond donors (Lipinski definition) is 9. The number of carboxylic acid groups (broad SMARTS) is 2. The molecule has 0 aliphatic rings. The number of aliphatic carboxylic acids is 2. The predicted molar refractivity (Wildman–Crippen MR) is 139 cm³/mol. The Morgan fingerprint density at radius 1 is 0.700 bits per heavy atom. The van der Waals surface area contributed by atoms with Gasteiger partial charge in [0.05, 0.1) is 12.5 Å². The average Bonchev–Trinajstić information content (AvgIpc) is 2.88. The van der Waals surface area contributed by atoms with E-state index < -0.39 is 66.4 Å². The van der Waals surface area contributed by atoms with E-state index in [4.69, 9.17) is 5.73 Å². The van der Waals surface area contributed by atoms with Crippen molar-refractivity contribution in [3.05, 3.63) is 59.7 Å². The van der Waals surface area contributed by atoms with Crippen LogP contribution < -0.4 is 21.7 Å². The summed E-state index contributed by atoms with van der Waals surface area (Å²) in [5, 5.41) is 54.3. The number of hydrogen-bond acceptors (Lipinski definition) is 9. The van der Waals surface area contributed by atoms with Crippen LogP contribution in [0.1, 0.15) is 24.5 Å². The van der Waals surface area contributed by atoms with Crippen LogP contribution in [-0.4, -0.2) is 85.5 Å². The molecule has 2 rings (SSSR count). The van der Waals surface area contributed by atoms with Crippen LogP contribution in [0.25, 0.3) is 0 Å². The molecule has 0 radical (unpaired) electrons. The summed E-state index contributed by atoms with van der Waals surface area (Å²) in [6.45, 7) is 1.23. The maximum Gasteiger partial charge on any atom is 0.326 e. The molecule has 40 heavy (non-hydrogen) atoms. The van der Waals surface area contributed by atoms with Crippen LogP contribution in [0.5, 0.6) is 11.5 Å². The predicted octanol–water partition coefficient (Wildman–Crippen LogP) is -1.40. The summed E-state index contributed by atoms with van der Waals surface area (Å²) in [4.78, 5) is 61.8. The van der Waals surface area contributed by atoms with Crippen LogP contribution in [0.4, 0.5) is 0 Å². The van der Waals surface area contributed by atoms with Gasteiger partial charge in [0, 0.05) is 12.8 Å². The summed E-state index contributed by atoms with van der Waals surface area (Å²) in [7, 11) is 0. The highest BCUT2D eigenvalue weighted by atomic mass is 16.4. The van der Waals surface area contributed by atoms with Gasteiger partial charge in [-0.15, -0.1) is 0 Å². The van der Waals surface area contributed by atoms with Crippen molar-refractivity contribution in [2.75, 3.05) is 0 Å². The van der Waals surface area contributed by atoms with Crippen LogP contribution in [0.2, 0.25) is 0 Å². The fourth-order valence-electron chi connectivity index (χ4n) is 3.56. The molecule has 3 amide bonds. The number of aliphatic hydroxyl groups is 1. The normalized spacial score (nSPS) is 14.6. The average molecular weight is 561 g/mol. The zero-order valence-electron chi connectivity index (χ0n) is 21.5. The molecule has 0 heterocycles. The van der Waals surface area contributed by atoms with Crippen molar-refractivity contribution in [1.82, 2.24) is 16.0 Å². The third-order valence-corrected chi connectivity index (χ3v) is 5.83. The maximum absolute atomic E-state index is 13.2. The molecule has 0 spiro atoms. The number of carboxylic acids is 2. The van der Waals surface area contributed by atoms with Gasteiger partial charge in [0.25, 0.3) is 0 Å². The van der Waals surface area contributed by atoms with E-state index in [2.05, 4.69) is 16.0 Å². The molecular weight excluding hydrogens is 528 g/mol. The number of nitrogens with two attached hydrogens (primary N) is 1. The summed E-state index contributed by atoms with van der Waals surface area (Å²) in [6, 6.07) is 5.24. The van der Waals surface area contributed by atoms with Crippen molar-refractivity contribution in [2.24, 2.45) is 5.73 Å². The Labute approximate surface area is 228 Å². The Hall–Kier alpha value is -4.69. The molecule has 0 saturated heterocycles. The van der Waals surface area contributed by atoms with Gasteiger partial charge in [-0.25, -0.2) is 4.79 Å². The molecule has 0 fully saturated rings. The van der Waals surface area contributed by atoms with Crippen molar-refractivity contribution in [2.45, 2.75) is 56.5 Å². The minimum atomic E-state index is -1.68. The van der Waals surface area contributed by atoms with E-state index in [1.807, 2.05) is 0 Å². The maximum atomic E-state index is 13.2. The first-order valence-electron chi connectivity index (χ1n) is 12.1. The third kappa shape index (κ3) is 9.89. The molecule has 0 aromatic heterocycles. The fourth-order valence-corrected chi connectivity index (χ4v) is 3.56. The number of amides is 3. The molecule has 14 nitrogen and oxygen atoms in total. The van der Waals surface area contributed by atoms with Gasteiger partial charge < -0.3 is 47.2 Å². The molecule has 0 aliphatic carbocycles. The zero-order valence-corrected chi connectivity index (χ0v) is 21.5. The smallest absolute Gasteiger partial charge is 0.326 e. The van der Waals surface area contributed by atoms with Crippen LogP contribution in [-0.2, 0) is 36.8 Å². The van der Waals surface area contributed by atoms with Gasteiger partial charge in [-0.05, 0) is 42.3 Å². The lowest BCUT2D eigenvalue weighted by Gasteiger charge is -2.25. The zero-order chi connectivity index (χ0) is 30.0. The molecule has 216 valence electrons. The lowest BCUT2D eigenvalue weighted by Crippen LogP contribution is -2.59. The van der Waals surface area contributed by atoms with Gasteiger partial charge in [0.2, 0.25) is 17.7 Å². The summed E-state index contributed by atoms with van der Waals surface area (Å²) in [6.07, 6.45) is -2.53. The minimum absolute atomic E-state index is 0.0336. The Balaban J connectivity index is 2.29. The lowest BCUT2D eigenvalue weighted by molar-refractivity contribution is -0.143. The van der Waals surface area contributed by atoms with Crippen molar-refractivity contribution in [1.29, 1.82) is 0 Å². The second-order valence-corrected chi connectivity index (χ2v) is 9.13. The van der Waals surface area contributed by atoms with Crippen molar-refractivity contribution in [3.8, 4) is 11.5 Å². The number of phenolic OH excluding ortho intramolecular Hbond substituents is 2. The molecule has 0 aliphatic heterocycles. The molecule has 14 heteroatoms. The number of nitrogens with one attached hydrogen (secondary N) is 3. The highest BCUT2D eigenvalue weighted by Crippen LogP contribution is 2.14. The number of benzene rings is 2. The second-order valence-electron chi connectivity index (χ2n) is 9.13. The first-order valence-corrected chi connectivity index (χ1v) is 12.1. The quantitative estimate of drug-likeness (QED) is 0.130. The lowest BCUT2D eigenvalue weighted by atomic mass is 10.0. The number of aromatic hydroxyl groups is 2. The largest absolute Gasteiger partial charge is 0.508 e. The highest BCUT2D eigenvalue weighted by molar-refractivity contribution is 5.95. The van der Waals surface area contributed by atoms with E-state index >= 15 is 0 Å². The Morgan fingerprint density at radius 2 is 1.10 bits per heavy atom. The van der Waals surface area contributed by atoms with Gasteiger partial charge in [-0.1, -0.05) is 24.3 Å². The third-order valence-electron chi connectivity index (χ3n) is 5.83. The Morgan fingerprint density at radius 3 is 1.52 bits per heavy atom. The minimum Gasteiger partial charge on any atom is -0.508 e. The molecule has 5 unspecified atom stereocenters. The molecule has 5 atom stereocenters. The van der Waals surface area contributed by atoms with E-state index in [0.717, 1.165) is 0 Å². The first-order chi connectivity index (χ1) is 18.8. The summed E-state index contributed by atoms with van der Waals surface area (Å²) >= 11 is 0. The Bertz CT molecular complexity index is 1200. The fraction of sp³-hybridized carbons (Fsp3) is 0.346. The first kappa shape index (κ1) is 31.5. The highest BCUT2D eigenvalue weighted by Gasteiger charge is 2.32. The molecule has 2 aromatic rings. The number of carbonyl (C=O) groups is 5. The molecule has 2 aromatic carbocycles. The summed E-state index contributed by atoms with van der Waals surface area (Å²) < 4.78 is 0. The number of carbonyl (C=O) groups excluding carboxylic acids is 3. The molecular formula is C26H32N4O10. The summed E-state index contributed by atoms with van der Waals surface area (Å²) in [5.74, 6) is -5.92. The van der Waals surface area contributed by atoms with Crippen molar-refractivity contribution >= 4 is 29.7 Å². The SMILES string of the molecule is CC(O)C(N)C(=O)NC(CC(=O)O)C(=O)NC(Cc1ccc(O)cc1)C(=O)NC(Cc1ccc(O)cc1)C(=O)O. The van der Waals surface area contributed by atoms with Crippen LogP contribution in [0, 0.1) is 0 Å². The number of rotatable bonds is 14. The monoisotopic (exact) mass is 560 g/mol. The van der Waals surface area contributed by atoms with E-state index in [-0.39, 0.29) is 24.3 Å². The van der Waals surface area contributed by atoms with E-state index in [1.54, 1.807) is 0 Å². The topological polar surface area (TPSA) is 249 Å². The van der Waals surface area contributed by atoms with E-state index in [9.17, 15) is 49.5 Å². The van der Waals surface area contributed by atoms with E-state index in [0.29, 0.717) is 11.1 Å². The summed E-state index contributed by atoms with van der Waals surface area (Å²) in [5.41, 5.74) is 6.51. The molecule has 0 saturated carbocycles. The van der Waals surface area contributed by atoms with Gasteiger partial charge in [0.1, 0.15) is 35.7 Å². The van der Waals surface area contributed by atoms with Crippen LogP contribution in [0.15, 0.2) is 48.5 Å².